The Morgan fingerprint density at radius 2 is 1.94 bits per heavy atom. The van der Waals surface area contributed by atoms with E-state index in [9.17, 15) is 4.79 Å². The van der Waals surface area contributed by atoms with Crippen LogP contribution in [0, 0.1) is 6.92 Å². The molecular weight excluding hydrogens is 202 g/mol. The summed E-state index contributed by atoms with van der Waals surface area (Å²) in [5.74, 6) is -0.342. The number of H-pyrrole nitrogens is 1. The third-order valence-corrected chi connectivity index (χ3v) is 2.48. The summed E-state index contributed by atoms with van der Waals surface area (Å²) in [6.07, 6.45) is 0. The molecule has 0 bridgehead atoms. The Morgan fingerprint density at radius 3 is 2.56 bits per heavy atom. The van der Waals surface area contributed by atoms with Gasteiger partial charge in [0.2, 0.25) is 0 Å². The quantitative estimate of drug-likeness (QED) is 0.783. The summed E-state index contributed by atoms with van der Waals surface area (Å²) in [7, 11) is 1.38. The van der Waals surface area contributed by atoms with Crippen molar-refractivity contribution in [2.45, 2.75) is 6.92 Å². The zero-order chi connectivity index (χ0) is 11.5. The molecule has 0 aliphatic heterocycles. The Kier molecular flexibility index (Phi) is 2.77. The molecule has 3 nitrogen and oxygen atoms in total. The number of carbonyl (C=O) groups is 1. The predicted molar refractivity (Wildman–Crippen MR) is 62.3 cm³/mol. The van der Waals surface area contributed by atoms with Crippen molar-refractivity contribution in [3.05, 3.63) is 47.7 Å². The summed E-state index contributed by atoms with van der Waals surface area (Å²) < 4.78 is 4.67. The lowest BCUT2D eigenvalue weighted by atomic mass is 10.1. The van der Waals surface area contributed by atoms with Crippen molar-refractivity contribution in [1.29, 1.82) is 0 Å². The fraction of sp³-hybridized carbons (Fsp3) is 0.154. The third kappa shape index (κ3) is 1.84. The topological polar surface area (TPSA) is 42.1 Å². The minimum absolute atomic E-state index is 0.342. The monoisotopic (exact) mass is 215 g/mol. The SMILES string of the molecule is COC(=O)c1cc(C)c(-c2ccccc2)[nH]1. The number of carbonyl (C=O) groups excluding carboxylic acids is 1. The van der Waals surface area contributed by atoms with Crippen LogP contribution in [-0.4, -0.2) is 18.1 Å². The summed E-state index contributed by atoms with van der Waals surface area (Å²) in [6.45, 7) is 1.96. The molecule has 0 amide bonds. The van der Waals surface area contributed by atoms with Crippen molar-refractivity contribution in [2.75, 3.05) is 7.11 Å². The predicted octanol–water partition coefficient (Wildman–Crippen LogP) is 2.78. The lowest BCUT2D eigenvalue weighted by Crippen LogP contribution is -2.00. The fourth-order valence-electron chi connectivity index (χ4n) is 1.68. The highest BCUT2D eigenvalue weighted by Crippen LogP contribution is 2.23. The maximum atomic E-state index is 11.4. The first-order chi connectivity index (χ1) is 7.72. The molecule has 0 saturated heterocycles. The number of ether oxygens (including phenoxy) is 1. The molecule has 0 aliphatic carbocycles. The molecule has 3 heteroatoms. The number of esters is 1. The Labute approximate surface area is 94.1 Å². The van der Waals surface area contributed by atoms with Gasteiger partial charge in [-0.3, -0.25) is 0 Å². The van der Waals surface area contributed by atoms with E-state index in [4.69, 9.17) is 0 Å². The van der Waals surface area contributed by atoms with Gasteiger partial charge in [-0.15, -0.1) is 0 Å². The van der Waals surface area contributed by atoms with Crippen LogP contribution in [0.15, 0.2) is 36.4 Å². The number of hydrogen-bond acceptors (Lipinski definition) is 2. The van der Waals surface area contributed by atoms with Crippen LogP contribution in [0.1, 0.15) is 16.1 Å². The number of methoxy groups -OCH3 is 1. The highest BCUT2D eigenvalue weighted by atomic mass is 16.5. The largest absolute Gasteiger partial charge is 0.464 e. The Morgan fingerprint density at radius 1 is 1.25 bits per heavy atom. The van der Waals surface area contributed by atoms with Gasteiger partial charge in [0.15, 0.2) is 0 Å². The van der Waals surface area contributed by atoms with E-state index in [-0.39, 0.29) is 5.97 Å². The Balaban J connectivity index is 2.44. The maximum Gasteiger partial charge on any atom is 0.354 e. The standard InChI is InChI=1S/C13H13NO2/c1-9-8-11(13(15)16-2)14-12(9)10-6-4-3-5-7-10/h3-8,14H,1-2H3. The zero-order valence-corrected chi connectivity index (χ0v) is 9.28. The summed E-state index contributed by atoms with van der Waals surface area (Å²) in [6, 6.07) is 11.7. The molecule has 0 unspecified atom stereocenters. The number of aromatic amines is 1. The van der Waals surface area contributed by atoms with Gasteiger partial charge in [-0.1, -0.05) is 30.3 Å². The van der Waals surface area contributed by atoms with Crippen molar-refractivity contribution in [3.63, 3.8) is 0 Å². The molecule has 0 saturated carbocycles. The van der Waals surface area contributed by atoms with E-state index in [2.05, 4.69) is 9.72 Å². The lowest BCUT2D eigenvalue weighted by molar-refractivity contribution is 0.0595. The van der Waals surface area contributed by atoms with E-state index in [0.717, 1.165) is 16.8 Å². The molecule has 1 aromatic carbocycles. The van der Waals surface area contributed by atoms with Gasteiger partial charge >= 0.3 is 5.97 Å². The van der Waals surface area contributed by atoms with Crippen molar-refractivity contribution >= 4 is 5.97 Å². The van der Waals surface area contributed by atoms with Gasteiger partial charge in [0.1, 0.15) is 5.69 Å². The number of hydrogen-bond donors (Lipinski definition) is 1. The van der Waals surface area contributed by atoms with E-state index >= 15 is 0 Å². The summed E-state index contributed by atoms with van der Waals surface area (Å²) in [5.41, 5.74) is 3.54. The van der Waals surface area contributed by atoms with Gasteiger partial charge in [0.25, 0.3) is 0 Å². The number of nitrogens with one attached hydrogen (secondary N) is 1. The summed E-state index contributed by atoms with van der Waals surface area (Å²) in [5, 5.41) is 0. The second kappa shape index (κ2) is 4.23. The van der Waals surface area contributed by atoms with Gasteiger partial charge in [-0.2, -0.15) is 0 Å². The van der Waals surface area contributed by atoms with E-state index in [0.29, 0.717) is 5.69 Å². The van der Waals surface area contributed by atoms with Crippen molar-refractivity contribution < 1.29 is 9.53 Å². The van der Waals surface area contributed by atoms with Gasteiger partial charge in [-0.25, -0.2) is 4.79 Å². The zero-order valence-electron chi connectivity index (χ0n) is 9.28. The molecule has 82 valence electrons. The van der Waals surface area contributed by atoms with Gasteiger partial charge in [-0.05, 0) is 24.1 Å². The molecule has 0 spiro atoms. The number of aryl methyl sites for hydroxylation is 1. The molecule has 0 atom stereocenters. The number of aromatic nitrogens is 1. The minimum Gasteiger partial charge on any atom is -0.464 e. The molecule has 2 rings (SSSR count). The molecule has 0 radical (unpaired) electrons. The lowest BCUT2D eigenvalue weighted by Gasteiger charge is -1.99. The fourth-order valence-corrected chi connectivity index (χ4v) is 1.68. The molecule has 0 fully saturated rings. The average molecular weight is 215 g/mol. The summed E-state index contributed by atoms with van der Waals surface area (Å²) >= 11 is 0. The van der Waals surface area contributed by atoms with Crippen LogP contribution in [0.4, 0.5) is 0 Å². The Hall–Kier alpha value is -2.03. The Bertz CT molecular complexity index is 500. The van der Waals surface area contributed by atoms with Crippen molar-refractivity contribution in [2.24, 2.45) is 0 Å². The highest BCUT2D eigenvalue weighted by Gasteiger charge is 2.12. The second-order valence-corrected chi connectivity index (χ2v) is 3.60. The van der Waals surface area contributed by atoms with Crippen LogP contribution in [0.5, 0.6) is 0 Å². The number of benzene rings is 1. The van der Waals surface area contributed by atoms with Crippen LogP contribution >= 0.6 is 0 Å². The molecule has 0 aliphatic rings. The van der Waals surface area contributed by atoms with Crippen LogP contribution < -0.4 is 0 Å². The molecule has 1 N–H and O–H groups in total. The van der Waals surface area contributed by atoms with Crippen molar-refractivity contribution in [1.82, 2.24) is 4.98 Å². The normalized spacial score (nSPS) is 10.1. The van der Waals surface area contributed by atoms with E-state index in [1.54, 1.807) is 6.07 Å². The van der Waals surface area contributed by atoms with Crippen LogP contribution in [-0.2, 0) is 4.74 Å². The van der Waals surface area contributed by atoms with E-state index < -0.39 is 0 Å². The first-order valence-corrected chi connectivity index (χ1v) is 5.05. The highest BCUT2D eigenvalue weighted by molar-refractivity contribution is 5.89. The van der Waals surface area contributed by atoms with Crippen LogP contribution in [0.3, 0.4) is 0 Å². The minimum atomic E-state index is -0.342. The van der Waals surface area contributed by atoms with E-state index in [1.807, 2.05) is 37.3 Å². The first-order valence-electron chi connectivity index (χ1n) is 5.05. The molecule has 1 aromatic heterocycles. The maximum absolute atomic E-state index is 11.4. The van der Waals surface area contributed by atoms with Crippen molar-refractivity contribution in [3.8, 4) is 11.3 Å². The average Bonchev–Trinajstić information content (AvgIpc) is 2.71. The van der Waals surface area contributed by atoms with Gasteiger partial charge < -0.3 is 9.72 Å². The molecule has 1 heterocycles. The van der Waals surface area contributed by atoms with Gasteiger partial charge in [0.05, 0.1) is 7.11 Å². The second-order valence-electron chi connectivity index (χ2n) is 3.60. The molecule has 16 heavy (non-hydrogen) atoms. The first kappa shape index (κ1) is 10.5. The van der Waals surface area contributed by atoms with Crippen LogP contribution in [0.2, 0.25) is 0 Å². The number of rotatable bonds is 2. The molecule has 2 aromatic rings. The smallest absolute Gasteiger partial charge is 0.354 e. The summed E-state index contributed by atoms with van der Waals surface area (Å²) in [4.78, 5) is 14.4. The van der Waals surface area contributed by atoms with Gasteiger partial charge in [0, 0.05) is 5.69 Å². The third-order valence-electron chi connectivity index (χ3n) is 2.48. The molecular formula is C13H13NO2. The van der Waals surface area contributed by atoms with Crippen LogP contribution in [0.25, 0.3) is 11.3 Å². The van der Waals surface area contributed by atoms with E-state index in [1.165, 1.54) is 7.11 Å².